The molecular formula is C16H18N6OS2. The molecule has 0 saturated heterocycles. The lowest BCUT2D eigenvalue weighted by Gasteiger charge is -2.10. The lowest BCUT2D eigenvalue weighted by Crippen LogP contribution is -2.22. The van der Waals surface area contributed by atoms with Crippen molar-refractivity contribution < 1.29 is 4.79 Å². The maximum Gasteiger partial charge on any atom is 0.239 e. The van der Waals surface area contributed by atoms with Gasteiger partial charge in [-0.1, -0.05) is 53.4 Å². The molecule has 0 aliphatic carbocycles. The summed E-state index contributed by atoms with van der Waals surface area (Å²) in [6.45, 7) is 3.68. The molecule has 0 aliphatic heterocycles. The van der Waals surface area contributed by atoms with E-state index >= 15 is 0 Å². The van der Waals surface area contributed by atoms with Gasteiger partial charge in [-0.25, -0.2) is 0 Å². The van der Waals surface area contributed by atoms with Crippen molar-refractivity contribution in [1.82, 2.24) is 25.0 Å². The maximum atomic E-state index is 12.3. The van der Waals surface area contributed by atoms with Crippen LogP contribution in [-0.4, -0.2) is 36.1 Å². The standard InChI is InChI=1S/C16H18N6OS2/c1-10(14(23)17-15-20-18-11(2)25-15)24-16-21-19-13(22(16)3)9-12-7-5-4-6-8-12/h4-8,10H,9H2,1-3H3,(H,17,20,23)/t10-/m1/s1. The van der Waals surface area contributed by atoms with E-state index in [0.717, 1.165) is 10.8 Å². The first-order chi connectivity index (χ1) is 12.0. The van der Waals surface area contributed by atoms with Gasteiger partial charge in [-0.15, -0.1) is 20.4 Å². The highest BCUT2D eigenvalue weighted by Gasteiger charge is 2.20. The van der Waals surface area contributed by atoms with Crippen LogP contribution in [0.1, 0.15) is 23.3 Å². The van der Waals surface area contributed by atoms with E-state index in [1.807, 2.05) is 43.7 Å². The molecule has 1 atom stereocenters. The number of thioether (sulfide) groups is 1. The van der Waals surface area contributed by atoms with Gasteiger partial charge in [-0.2, -0.15) is 0 Å². The summed E-state index contributed by atoms with van der Waals surface area (Å²) >= 11 is 2.72. The Balaban J connectivity index is 1.63. The second-order valence-corrected chi connectivity index (χ2v) is 7.99. The first kappa shape index (κ1) is 17.6. The minimum atomic E-state index is -0.323. The van der Waals surface area contributed by atoms with Crippen molar-refractivity contribution in [2.45, 2.75) is 30.7 Å². The van der Waals surface area contributed by atoms with Crippen LogP contribution in [0.3, 0.4) is 0 Å². The molecule has 0 bridgehead atoms. The van der Waals surface area contributed by atoms with E-state index in [2.05, 4.69) is 37.8 Å². The van der Waals surface area contributed by atoms with Gasteiger partial charge < -0.3 is 4.57 Å². The molecule has 25 heavy (non-hydrogen) atoms. The van der Waals surface area contributed by atoms with Gasteiger partial charge in [0, 0.05) is 13.5 Å². The van der Waals surface area contributed by atoms with Gasteiger partial charge in [-0.3, -0.25) is 10.1 Å². The van der Waals surface area contributed by atoms with Crippen molar-refractivity contribution in [3.63, 3.8) is 0 Å². The molecule has 0 aliphatic rings. The van der Waals surface area contributed by atoms with Crippen molar-refractivity contribution in [2.75, 3.05) is 5.32 Å². The normalized spacial score (nSPS) is 12.1. The van der Waals surface area contributed by atoms with Gasteiger partial charge in [-0.05, 0) is 19.4 Å². The minimum Gasteiger partial charge on any atom is -0.309 e. The van der Waals surface area contributed by atoms with Crippen LogP contribution in [-0.2, 0) is 18.3 Å². The fourth-order valence-electron chi connectivity index (χ4n) is 2.15. The van der Waals surface area contributed by atoms with Crippen molar-refractivity contribution in [2.24, 2.45) is 7.05 Å². The van der Waals surface area contributed by atoms with E-state index in [-0.39, 0.29) is 11.2 Å². The number of nitrogens with one attached hydrogen (secondary N) is 1. The molecule has 2 heterocycles. The first-order valence-corrected chi connectivity index (χ1v) is 9.42. The smallest absolute Gasteiger partial charge is 0.239 e. The van der Waals surface area contributed by atoms with Gasteiger partial charge >= 0.3 is 0 Å². The van der Waals surface area contributed by atoms with Crippen molar-refractivity contribution in [3.8, 4) is 0 Å². The zero-order valence-electron chi connectivity index (χ0n) is 14.1. The monoisotopic (exact) mass is 374 g/mol. The Morgan fingerprint density at radius 2 is 2.00 bits per heavy atom. The Morgan fingerprint density at radius 1 is 1.24 bits per heavy atom. The summed E-state index contributed by atoms with van der Waals surface area (Å²) in [6.07, 6.45) is 0.704. The van der Waals surface area contributed by atoms with Gasteiger partial charge in [0.15, 0.2) is 5.16 Å². The maximum absolute atomic E-state index is 12.3. The lowest BCUT2D eigenvalue weighted by atomic mass is 10.1. The zero-order valence-corrected chi connectivity index (χ0v) is 15.8. The molecule has 1 aromatic carbocycles. The number of carbonyl (C=O) groups excluding carboxylic acids is 1. The molecule has 1 amide bonds. The molecule has 0 spiro atoms. The van der Waals surface area contributed by atoms with E-state index in [9.17, 15) is 4.79 Å². The molecule has 130 valence electrons. The number of benzene rings is 1. The lowest BCUT2D eigenvalue weighted by molar-refractivity contribution is -0.115. The van der Waals surface area contributed by atoms with Crippen LogP contribution < -0.4 is 5.32 Å². The number of amides is 1. The van der Waals surface area contributed by atoms with E-state index in [0.29, 0.717) is 16.7 Å². The van der Waals surface area contributed by atoms with Crippen molar-refractivity contribution >= 4 is 34.1 Å². The number of aromatic nitrogens is 5. The van der Waals surface area contributed by atoms with E-state index in [1.54, 1.807) is 0 Å². The molecule has 1 N–H and O–H groups in total. The minimum absolute atomic E-state index is 0.131. The number of carbonyl (C=O) groups is 1. The number of hydrogen-bond donors (Lipinski definition) is 1. The average Bonchev–Trinajstić information content (AvgIpc) is 3.16. The molecule has 0 radical (unpaired) electrons. The average molecular weight is 374 g/mol. The van der Waals surface area contributed by atoms with Crippen LogP contribution in [0.4, 0.5) is 5.13 Å². The zero-order chi connectivity index (χ0) is 17.8. The number of rotatable bonds is 6. The second kappa shape index (κ2) is 7.75. The van der Waals surface area contributed by atoms with E-state index in [4.69, 9.17) is 0 Å². The Labute approximate surface area is 153 Å². The third kappa shape index (κ3) is 4.43. The van der Waals surface area contributed by atoms with Crippen LogP contribution in [0.5, 0.6) is 0 Å². The summed E-state index contributed by atoms with van der Waals surface area (Å²) in [5, 5.41) is 20.8. The highest BCUT2D eigenvalue weighted by molar-refractivity contribution is 8.00. The summed E-state index contributed by atoms with van der Waals surface area (Å²) in [7, 11) is 1.92. The molecule has 2 aromatic heterocycles. The van der Waals surface area contributed by atoms with Crippen LogP contribution in [0.25, 0.3) is 0 Å². The quantitative estimate of drug-likeness (QED) is 0.668. The SMILES string of the molecule is Cc1nnc(NC(=O)[C@@H](C)Sc2nnc(Cc3ccccc3)n2C)s1. The summed E-state index contributed by atoms with van der Waals surface area (Å²) < 4.78 is 1.93. The van der Waals surface area contributed by atoms with Gasteiger partial charge in [0.1, 0.15) is 10.8 Å². The molecule has 0 fully saturated rings. The number of anilines is 1. The molecule has 3 rings (SSSR count). The van der Waals surface area contributed by atoms with Crippen molar-refractivity contribution in [3.05, 3.63) is 46.7 Å². The Hall–Kier alpha value is -2.26. The van der Waals surface area contributed by atoms with Crippen LogP contribution in [0.2, 0.25) is 0 Å². The predicted molar refractivity (Wildman–Crippen MR) is 98.8 cm³/mol. The van der Waals surface area contributed by atoms with Crippen LogP contribution in [0.15, 0.2) is 35.5 Å². The Bertz CT molecular complexity index is 861. The summed E-state index contributed by atoms with van der Waals surface area (Å²) in [5.74, 6) is 0.731. The van der Waals surface area contributed by atoms with Gasteiger partial charge in [0.2, 0.25) is 11.0 Å². The third-order valence-corrected chi connectivity index (χ3v) is 5.43. The highest BCUT2D eigenvalue weighted by atomic mass is 32.2. The Morgan fingerprint density at radius 3 is 2.68 bits per heavy atom. The molecule has 9 heteroatoms. The van der Waals surface area contributed by atoms with Crippen molar-refractivity contribution in [1.29, 1.82) is 0 Å². The third-order valence-electron chi connectivity index (χ3n) is 3.54. The molecular weight excluding hydrogens is 356 g/mol. The molecule has 7 nitrogen and oxygen atoms in total. The fraction of sp³-hybridized carbons (Fsp3) is 0.312. The number of nitrogens with zero attached hydrogens (tertiary/aromatic N) is 5. The fourth-order valence-corrected chi connectivity index (χ4v) is 3.57. The van der Waals surface area contributed by atoms with Gasteiger partial charge in [0.25, 0.3) is 0 Å². The number of hydrogen-bond acceptors (Lipinski definition) is 7. The highest BCUT2D eigenvalue weighted by Crippen LogP contribution is 2.24. The largest absolute Gasteiger partial charge is 0.309 e. The summed E-state index contributed by atoms with van der Waals surface area (Å²) in [4.78, 5) is 12.3. The summed E-state index contributed by atoms with van der Waals surface area (Å²) in [5.41, 5.74) is 1.17. The molecule has 0 saturated carbocycles. The molecule has 0 unspecified atom stereocenters. The molecule has 3 aromatic rings. The first-order valence-electron chi connectivity index (χ1n) is 7.72. The number of aryl methyl sites for hydroxylation is 1. The summed E-state index contributed by atoms with van der Waals surface area (Å²) in [6, 6.07) is 10.1. The van der Waals surface area contributed by atoms with E-state index < -0.39 is 0 Å². The topological polar surface area (TPSA) is 85.6 Å². The second-order valence-electron chi connectivity index (χ2n) is 5.50. The van der Waals surface area contributed by atoms with E-state index in [1.165, 1.54) is 28.7 Å². The predicted octanol–water partition coefficient (Wildman–Crippen LogP) is 2.69. The Kier molecular flexibility index (Phi) is 5.44. The van der Waals surface area contributed by atoms with Crippen LogP contribution in [0, 0.1) is 6.92 Å². The van der Waals surface area contributed by atoms with Crippen LogP contribution >= 0.6 is 23.1 Å². The van der Waals surface area contributed by atoms with Gasteiger partial charge in [0.05, 0.1) is 5.25 Å².